The van der Waals surface area contributed by atoms with Gasteiger partial charge in [0.25, 0.3) is 0 Å². The summed E-state index contributed by atoms with van der Waals surface area (Å²) in [5, 5.41) is 4.52. The highest BCUT2D eigenvalue weighted by Gasteiger charge is 2.00. The minimum Gasteiger partial charge on any atom is -0.305 e. The van der Waals surface area contributed by atoms with E-state index in [0.29, 0.717) is 0 Å². The van der Waals surface area contributed by atoms with Gasteiger partial charge >= 0.3 is 0 Å². The zero-order chi connectivity index (χ0) is 10.5. The summed E-state index contributed by atoms with van der Waals surface area (Å²) in [7, 11) is 0. The summed E-state index contributed by atoms with van der Waals surface area (Å²) in [5.41, 5.74) is 1.86. The average molecular weight is 239 g/mol. The number of aryl methyl sites for hydroxylation is 1. The number of hydrogen-bond donors (Lipinski definition) is 1. The molecule has 0 unspecified atom stereocenters. The Balaban J connectivity index is 1.78. The molecule has 1 N–H and O–H groups in total. The van der Waals surface area contributed by atoms with Crippen LogP contribution in [-0.4, -0.2) is 9.97 Å². The molecule has 0 spiro atoms. The molecule has 0 saturated carbocycles. The van der Waals surface area contributed by atoms with Crippen molar-refractivity contribution >= 4 is 22.7 Å². The Hall–Kier alpha value is -0.780. The van der Waals surface area contributed by atoms with Gasteiger partial charge in [0.15, 0.2) is 0 Å². The molecular weight excluding hydrogens is 226 g/mol. The van der Waals surface area contributed by atoms with Crippen molar-refractivity contribution in [1.82, 2.24) is 15.3 Å². The summed E-state index contributed by atoms with van der Waals surface area (Å²) in [5.74, 6) is 0. The monoisotopic (exact) mass is 239 g/mol. The van der Waals surface area contributed by atoms with Crippen molar-refractivity contribution in [3.8, 4) is 0 Å². The standard InChI is InChI=1S/C10H13N3S2/c1-2-8-5-13-10(15-8)6-11-3-9-4-12-7-14-9/h4-5,7,11H,2-3,6H2,1H3. The van der Waals surface area contributed by atoms with Crippen LogP contribution in [0.2, 0.25) is 0 Å². The third kappa shape index (κ3) is 3.09. The van der Waals surface area contributed by atoms with E-state index >= 15 is 0 Å². The van der Waals surface area contributed by atoms with Gasteiger partial charge in [0.2, 0.25) is 0 Å². The fourth-order valence-electron chi connectivity index (χ4n) is 1.22. The van der Waals surface area contributed by atoms with Gasteiger partial charge in [-0.25, -0.2) is 4.98 Å². The van der Waals surface area contributed by atoms with Crippen molar-refractivity contribution < 1.29 is 0 Å². The number of aromatic nitrogens is 2. The van der Waals surface area contributed by atoms with Crippen LogP contribution >= 0.6 is 22.7 Å². The highest BCUT2D eigenvalue weighted by Crippen LogP contribution is 2.13. The van der Waals surface area contributed by atoms with E-state index in [1.54, 1.807) is 22.7 Å². The molecule has 2 aromatic heterocycles. The molecule has 0 amide bonds. The predicted molar refractivity (Wildman–Crippen MR) is 64.1 cm³/mol. The number of nitrogens with zero attached hydrogens (tertiary/aromatic N) is 2. The first kappa shape index (κ1) is 10.7. The smallest absolute Gasteiger partial charge is 0.107 e. The lowest BCUT2D eigenvalue weighted by atomic mass is 10.4. The highest BCUT2D eigenvalue weighted by molar-refractivity contribution is 7.11. The van der Waals surface area contributed by atoms with Gasteiger partial charge in [-0.3, -0.25) is 4.98 Å². The zero-order valence-corrected chi connectivity index (χ0v) is 10.2. The van der Waals surface area contributed by atoms with Gasteiger partial charge in [-0.2, -0.15) is 0 Å². The number of rotatable bonds is 5. The largest absolute Gasteiger partial charge is 0.305 e. The van der Waals surface area contributed by atoms with Crippen molar-refractivity contribution in [2.24, 2.45) is 0 Å². The molecule has 2 aromatic rings. The molecule has 0 aliphatic heterocycles. The molecule has 0 radical (unpaired) electrons. The molecule has 0 aliphatic rings. The lowest BCUT2D eigenvalue weighted by Crippen LogP contribution is -2.11. The molecule has 3 nitrogen and oxygen atoms in total. The van der Waals surface area contributed by atoms with E-state index in [2.05, 4.69) is 22.2 Å². The maximum Gasteiger partial charge on any atom is 0.107 e. The van der Waals surface area contributed by atoms with Gasteiger partial charge < -0.3 is 5.32 Å². The summed E-state index contributed by atoms with van der Waals surface area (Å²) in [6, 6.07) is 0. The van der Waals surface area contributed by atoms with Gasteiger partial charge in [-0.05, 0) is 6.42 Å². The first-order valence-electron chi connectivity index (χ1n) is 4.90. The van der Waals surface area contributed by atoms with E-state index in [4.69, 9.17) is 0 Å². The third-order valence-electron chi connectivity index (χ3n) is 2.01. The molecule has 0 fully saturated rings. The Morgan fingerprint density at radius 2 is 2.20 bits per heavy atom. The SMILES string of the molecule is CCc1cnc(CNCc2cncs2)s1. The van der Waals surface area contributed by atoms with Crippen LogP contribution in [0.4, 0.5) is 0 Å². The Labute approximate surface area is 97.2 Å². The van der Waals surface area contributed by atoms with E-state index in [-0.39, 0.29) is 0 Å². The first-order chi connectivity index (χ1) is 7.38. The van der Waals surface area contributed by atoms with Crippen LogP contribution in [0.5, 0.6) is 0 Å². The topological polar surface area (TPSA) is 37.8 Å². The minimum absolute atomic E-state index is 0.850. The van der Waals surface area contributed by atoms with Crippen LogP contribution in [0.3, 0.4) is 0 Å². The lowest BCUT2D eigenvalue weighted by molar-refractivity contribution is 0.696. The van der Waals surface area contributed by atoms with Gasteiger partial charge in [0.05, 0.1) is 5.51 Å². The molecule has 15 heavy (non-hydrogen) atoms. The van der Waals surface area contributed by atoms with Crippen LogP contribution in [0, 0.1) is 0 Å². The van der Waals surface area contributed by atoms with Crippen molar-refractivity contribution in [2.45, 2.75) is 26.4 Å². The normalized spacial score (nSPS) is 10.7. The molecule has 0 aliphatic carbocycles. The summed E-state index contributed by atoms with van der Waals surface area (Å²) in [6.45, 7) is 3.89. The quantitative estimate of drug-likeness (QED) is 0.871. The van der Waals surface area contributed by atoms with Crippen molar-refractivity contribution in [2.75, 3.05) is 0 Å². The van der Waals surface area contributed by atoms with Gasteiger partial charge in [-0.15, -0.1) is 22.7 Å². The summed E-state index contributed by atoms with van der Waals surface area (Å²) < 4.78 is 0. The molecule has 0 saturated heterocycles. The van der Waals surface area contributed by atoms with Crippen LogP contribution in [-0.2, 0) is 19.5 Å². The predicted octanol–water partition coefficient (Wildman–Crippen LogP) is 2.45. The van der Waals surface area contributed by atoms with Crippen LogP contribution in [0.25, 0.3) is 0 Å². The molecule has 0 aromatic carbocycles. The van der Waals surface area contributed by atoms with E-state index in [1.807, 2.05) is 17.9 Å². The van der Waals surface area contributed by atoms with Crippen LogP contribution in [0.15, 0.2) is 17.9 Å². The van der Waals surface area contributed by atoms with E-state index in [9.17, 15) is 0 Å². The highest BCUT2D eigenvalue weighted by atomic mass is 32.1. The van der Waals surface area contributed by atoms with E-state index < -0.39 is 0 Å². The van der Waals surface area contributed by atoms with Crippen LogP contribution < -0.4 is 5.32 Å². The number of hydrogen-bond acceptors (Lipinski definition) is 5. The average Bonchev–Trinajstić information content (AvgIpc) is 2.88. The van der Waals surface area contributed by atoms with E-state index in [0.717, 1.165) is 24.5 Å². The van der Waals surface area contributed by atoms with Gasteiger partial charge in [0.1, 0.15) is 5.01 Å². The van der Waals surface area contributed by atoms with Crippen molar-refractivity contribution in [3.05, 3.63) is 32.7 Å². The fourth-order valence-corrected chi connectivity index (χ4v) is 2.61. The first-order valence-corrected chi connectivity index (χ1v) is 6.59. The summed E-state index contributed by atoms with van der Waals surface area (Å²) in [6.07, 6.45) is 4.94. The van der Waals surface area contributed by atoms with Crippen molar-refractivity contribution in [3.63, 3.8) is 0 Å². The molecule has 2 rings (SSSR count). The Morgan fingerprint density at radius 1 is 1.27 bits per heavy atom. The second kappa shape index (κ2) is 5.34. The second-order valence-corrected chi connectivity index (χ2v) is 5.32. The Kier molecular flexibility index (Phi) is 3.82. The Bertz CT molecular complexity index is 394. The van der Waals surface area contributed by atoms with Crippen LogP contribution in [0.1, 0.15) is 21.7 Å². The van der Waals surface area contributed by atoms with Gasteiger partial charge in [-0.1, -0.05) is 6.92 Å². The van der Waals surface area contributed by atoms with E-state index in [1.165, 1.54) is 9.75 Å². The second-order valence-electron chi connectivity index (χ2n) is 3.15. The lowest BCUT2D eigenvalue weighted by Gasteiger charge is -1.98. The Morgan fingerprint density at radius 3 is 2.87 bits per heavy atom. The zero-order valence-electron chi connectivity index (χ0n) is 8.56. The molecule has 80 valence electrons. The summed E-state index contributed by atoms with van der Waals surface area (Å²) in [4.78, 5) is 11.0. The maximum absolute atomic E-state index is 4.35. The number of thiazole rings is 2. The molecule has 0 bridgehead atoms. The third-order valence-corrected chi connectivity index (χ3v) is 3.93. The summed E-state index contributed by atoms with van der Waals surface area (Å²) >= 11 is 3.46. The molecular formula is C10H13N3S2. The fraction of sp³-hybridized carbons (Fsp3) is 0.400. The molecule has 0 atom stereocenters. The van der Waals surface area contributed by atoms with Gasteiger partial charge in [0, 0.05) is 35.2 Å². The minimum atomic E-state index is 0.850. The maximum atomic E-state index is 4.35. The molecule has 5 heteroatoms. The number of nitrogens with one attached hydrogen (secondary N) is 1. The van der Waals surface area contributed by atoms with Crippen molar-refractivity contribution in [1.29, 1.82) is 0 Å². The molecule has 2 heterocycles.